The lowest BCUT2D eigenvalue weighted by Gasteiger charge is -2.36. The van der Waals surface area contributed by atoms with Gasteiger partial charge in [0.15, 0.2) is 0 Å². The lowest BCUT2D eigenvalue weighted by Crippen LogP contribution is -2.36. The minimum absolute atomic E-state index is 0.129. The Morgan fingerprint density at radius 2 is 1.79 bits per heavy atom. The highest BCUT2D eigenvalue weighted by atomic mass is 35.5. The van der Waals surface area contributed by atoms with Crippen LogP contribution in [0.2, 0.25) is 30.7 Å². The van der Waals surface area contributed by atoms with Crippen LogP contribution in [0.3, 0.4) is 0 Å². The predicted molar refractivity (Wildman–Crippen MR) is 188 cm³/mol. The normalized spacial score (nSPS) is 16.5. The van der Waals surface area contributed by atoms with Gasteiger partial charge in [0.1, 0.15) is 34.6 Å². The number of rotatable bonds is 12. The monoisotopic (exact) mass is 666 g/mol. The zero-order chi connectivity index (χ0) is 32.5. The van der Waals surface area contributed by atoms with E-state index in [1.165, 1.54) is 5.56 Å². The summed E-state index contributed by atoms with van der Waals surface area (Å²) in [6.45, 7) is 10.8. The molecule has 0 aliphatic heterocycles. The largest absolute Gasteiger partial charge is 0.456 e. The highest BCUT2D eigenvalue weighted by Crippen LogP contribution is 2.38. The van der Waals surface area contributed by atoms with Crippen molar-refractivity contribution in [3.8, 4) is 22.8 Å². The van der Waals surface area contributed by atoms with Crippen molar-refractivity contribution in [2.45, 2.75) is 70.9 Å². The summed E-state index contributed by atoms with van der Waals surface area (Å²) in [5.74, 6) is 2.05. The van der Waals surface area contributed by atoms with E-state index >= 15 is 0 Å². The smallest absolute Gasteiger partial charge is 0.148 e. The molecule has 3 aromatic heterocycles. The molecule has 0 saturated heterocycles. The summed E-state index contributed by atoms with van der Waals surface area (Å²) < 4.78 is 22.6. The molecule has 242 valence electrons. The second-order valence-corrected chi connectivity index (χ2v) is 19.4. The third-order valence-electron chi connectivity index (χ3n) is 8.69. The number of ether oxygens (including phenoxy) is 3. The second kappa shape index (κ2) is 13.2. The number of fused-ring (bicyclic) bond motifs is 2. The Morgan fingerprint density at radius 1 is 0.957 bits per heavy atom. The lowest BCUT2D eigenvalue weighted by atomic mass is 9.89. The van der Waals surface area contributed by atoms with Crippen molar-refractivity contribution in [3.63, 3.8) is 0 Å². The van der Waals surface area contributed by atoms with Gasteiger partial charge >= 0.3 is 0 Å². The van der Waals surface area contributed by atoms with Crippen LogP contribution in [0.1, 0.15) is 30.3 Å². The van der Waals surface area contributed by atoms with Crippen molar-refractivity contribution >= 4 is 41.7 Å². The van der Waals surface area contributed by atoms with Crippen molar-refractivity contribution in [1.29, 1.82) is 0 Å². The van der Waals surface area contributed by atoms with Gasteiger partial charge in [0.25, 0.3) is 0 Å². The predicted octanol–water partition coefficient (Wildman–Crippen LogP) is 8.83. The van der Waals surface area contributed by atoms with Crippen LogP contribution in [-0.4, -0.2) is 50.1 Å². The number of aromatic nitrogens is 6. The first kappa shape index (κ1) is 31.5. The van der Waals surface area contributed by atoms with Gasteiger partial charge in [-0.1, -0.05) is 61.6 Å². The molecule has 0 bridgehead atoms. The van der Waals surface area contributed by atoms with Crippen LogP contribution < -0.4 is 4.74 Å². The van der Waals surface area contributed by atoms with E-state index in [9.17, 15) is 0 Å². The quantitative estimate of drug-likeness (QED) is 0.0952. The Balaban J connectivity index is 1.07. The van der Waals surface area contributed by atoms with E-state index in [1.54, 1.807) is 6.20 Å². The van der Waals surface area contributed by atoms with Gasteiger partial charge in [-0.25, -0.2) is 9.97 Å². The number of hydrogen-bond donors (Lipinski definition) is 0. The van der Waals surface area contributed by atoms with Gasteiger partial charge in [-0.2, -0.15) is 5.10 Å². The number of aryl methyl sites for hydroxylation is 1. The van der Waals surface area contributed by atoms with Gasteiger partial charge in [0, 0.05) is 32.5 Å². The zero-order valence-electron chi connectivity index (χ0n) is 27.2. The molecular weight excluding hydrogens is 628 g/mol. The summed E-state index contributed by atoms with van der Waals surface area (Å²) in [5, 5.41) is 5.06. The van der Waals surface area contributed by atoms with Gasteiger partial charge in [0.2, 0.25) is 0 Å². The number of hydrogen-bond acceptors (Lipinski definition) is 7. The molecule has 1 aliphatic carbocycles. The standard InChI is InChI=1S/C36H39ClN6O3Si/c1-24-40-28-11-10-27(18-32(28)42(24)23-44-16-17-47(2,3)4)46-34-14-12-29-36(35(34)37)41-30(20-38-29)26-19-39-43(21-26)31-13-15-33(31)45-22-25-8-6-5-7-9-25/h5-12,14,18-21,31,33H,13,15-17,22-23H2,1-4H3. The van der Waals surface area contributed by atoms with Crippen molar-refractivity contribution in [2.24, 2.45) is 0 Å². The van der Waals surface area contributed by atoms with E-state index in [4.69, 9.17) is 35.8 Å². The van der Waals surface area contributed by atoms with Gasteiger partial charge in [0.05, 0.1) is 53.4 Å². The molecule has 1 aliphatic rings. The maximum Gasteiger partial charge on any atom is 0.148 e. The first-order valence-corrected chi connectivity index (χ1v) is 20.2. The van der Waals surface area contributed by atoms with Crippen molar-refractivity contribution in [1.82, 2.24) is 29.3 Å². The molecular formula is C36H39ClN6O3Si. The van der Waals surface area contributed by atoms with Crippen LogP contribution in [-0.2, 0) is 22.8 Å². The summed E-state index contributed by atoms with van der Waals surface area (Å²) in [4.78, 5) is 14.3. The molecule has 11 heteroatoms. The Morgan fingerprint density at radius 3 is 2.57 bits per heavy atom. The summed E-state index contributed by atoms with van der Waals surface area (Å²) in [6.07, 6.45) is 7.77. The molecule has 47 heavy (non-hydrogen) atoms. The third-order valence-corrected chi connectivity index (χ3v) is 10.8. The molecule has 0 spiro atoms. The second-order valence-electron chi connectivity index (χ2n) is 13.4. The maximum atomic E-state index is 6.92. The molecule has 0 radical (unpaired) electrons. The first-order chi connectivity index (χ1) is 22.7. The topological polar surface area (TPSA) is 89.1 Å². The molecule has 9 nitrogen and oxygen atoms in total. The van der Waals surface area contributed by atoms with Crippen LogP contribution in [0.15, 0.2) is 79.3 Å². The van der Waals surface area contributed by atoms with Gasteiger partial charge in [-0.05, 0) is 55.6 Å². The highest BCUT2D eigenvalue weighted by molar-refractivity contribution is 6.76. The van der Waals surface area contributed by atoms with Gasteiger partial charge < -0.3 is 18.8 Å². The number of benzene rings is 3. The van der Waals surface area contributed by atoms with Crippen molar-refractivity contribution in [3.05, 3.63) is 95.7 Å². The van der Waals surface area contributed by atoms with E-state index < -0.39 is 8.07 Å². The molecule has 3 aromatic carbocycles. The zero-order valence-corrected chi connectivity index (χ0v) is 28.9. The van der Waals surface area contributed by atoms with Crippen molar-refractivity contribution < 1.29 is 14.2 Å². The van der Waals surface area contributed by atoms with Crippen LogP contribution in [0.4, 0.5) is 0 Å². The van der Waals surface area contributed by atoms with Crippen molar-refractivity contribution in [2.75, 3.05) is 6.61 Å². The number of halogens is 1. The Hall–Kier alpha value is -4.09. The Bertz CT molecular complexity index is 2020. The molecule has 2 atom stereocenters. The van der Waals surface area contributed by atoms with E-state index in [-0.39, 0.29) is 12.1 Å². The molecule has 3 heterocycles. The number of imidazole rings is 1. The van der Waals surface area contributed by atoms with Gasteiger partial charge in [-0.15, -0.1) is 0 Å². The van der Waals surface area contributed by atoms with Crippen LogP contribution in [0.5, 0.6) is 11.5 Å². The van der Waals surface area contributed by atoms with Crippen LogP contribution >= 0.6 is 11.6 Å². The van der Waals surface area contributed by atoms with E-state index in [2.05, 4.69) is 46.4 Å². The molecule has 1 fully saturated rings. The van der Waals surface area contributed by atoms with Gasteiger partial charge in [-0.3, -0.25) is 9.67 Å². The summed E-state index contributed by atoms with van der Waals surface area (Å²) in [7, 11) is -1.17. The fourth-order valence-electron chi connectivity index (χ4n) is 5.73. The highest BCUT2D eigenvalue weighted by Gasteiger charge is 2.34. The lowest BCUT2D eigenvalue weighted by molar-refractivity contribution is -0.0529. The summed E-state index contributed by atoms with van der Waals surface area (Å²) in [5.41, 5.74) is 5.83. The summed E-state index contributed by atoms with van der Waals surface area (Å²) >= 11 is 6.92. The average molecular weight is 667 g/mol. The maximum absolute atomic E-state index is 6.92. The molecule has 6 aromatic rings. The molecule has 0 amide bonds. The van der Waals surface area contributed by atoms with Crippen LogP contribution in [0.25, 0.3) is 33.3 Å². The fourth-order valence-corrected chi connectivity index (χ4v) is 6.73. The minimum Gasteiger partial charge on any atom is -0.456 e. The summed E-state index contributed by atoms with van der Waals surface area (Å²) in [6, 6.07) is 21.1. The molecule has 1 saturated carbocycles. The van der Waals surface area contributed by atoms with E-state index in [0.717, 1.165) is 47.9 Å². The molecule has 7 rings (SSSR count). The van der Waals surface area contributed by atoms with Crippen LogP contribution in [0, 0.1) is 6.92 Å². The number of nitrogens with zero attached hydrogens (tertiary/aromatic N) is 6. The third kappa shape index (κ3) is 6.96. The first-order valence-electron chi connectivity index (χ1n) is 16.1. The van der Waals surface area contributed by atoms with E-state index in [1.807, 2.05) is 72.5 Å². The molecule has 2 unspecified atom stereocenters. The fraction of sp³-hybridized carbons (Fsp3) is 0.333. The Labute approximate surface area is 280 Å². The minimum atomic E-state index is -1.17. The molecule has 0 N–H and O–H groups in total. The van der Waals surface area contributed by atoms with E-state index in [0.29, 0.717) is 46.6 Å². The SMILES string of the molecule is Cc1nc2ccc(Oc3ccc4ncc(-c5cnn(C6CCC6OCc6ccccc6)c5)nc4c3Cl)cc2n1COCC[Si](C)(C)C. The average Bonchev–Trinajstić information content (AvgIpc) is 3.64. The Kier molecular flexibility index (Phi) is 8.84.